The van der Waals surface area contributed by atoms with Crippen LogP contribution in [0.5, 0.6) is 0 Å². The van der Waals surface area contributed by atoms with Crippen LogP contribution in [0.4, 0.5) is 10.5 Å². The summed E-state index contributed by atoms with van der Waals surface area (Å²) in [4.78, 5) is 30.6. The third kappa shape index (κ3) is 3.43. The van der Waals surface area contributed by atoms with Gasteiger partial charge in [0.25, 0.3) is 0 Å². The van der Waals surface area contributed by atoms with Crippen molar-refractivity contribution in [1.82, 2.24) is 15.2 Å². The number of likely N-dealkylation sites (tertiary alicyclic amines) is 1. The lowest BCUT2D eigenvalue weighted by Gasteiger charge is -2.16. The van der Waals surface area contributed by atoms with Crippen molar-refractivity contribution in [2.24, 2.45) is 5.92 Å². The highest BCUT2D eigenvalue weighted by molar-refractivity contribution is 6.00. The van der Waals surface area contributed by atoms with E-state index in [0.29, 0.717) is 24.7 Å². The van der Waals surface area contributed by atoms with Crippen molar-refractivity contribution in [2.45, 2.75) is 32.2 Å². The molecule has 1 aliphatic heterocycles. The van der Waals surface area contributed by atoms with E-state index in [1.54, 1.807) is 6.20 Å². The molecule has 130 valence electrons. The van der Waals surface area contributed by atoms with Gasteiger partial charge in [0, 0.05) is 43.1 Å². The van der Waals surface area contributed by atoms with Crippen LogP contribution in [0, 0.1) is 12.8 Å². The zero-order chi connectivity index (χ0) is 17.4. The molecule has 1 saturated heterocycles. The van der Waals surface area contributed by atoms with E-state index >= 15 is 0 Å². The van der Waals surface area contributed by atoms with Crippen molar-refractivity contribution in [3.05, 3.63) is 36.0 Å². The van der Waals surface area contributed by atoms with Gasteiger partial charge in [0.05, 0.1) is 11.2 Å². The van der Waals surface area contributed by atoms with Crippen LogP contribution < -0.4 is 10.6 Å². The fraction of sp³-hybridized carbons (Fsp3) is 0.421. The van der Waals surface area contributed by atoms with Gasteiger partial charge in [0.1, 0.15) is 0 Å². The Balaban J connectivity index is 1.37. The van der Waals surface area contributed by atoms with Crippen LogP contribution in [0.25, 0.3) is 10.9 Å². The van der Waals surface area contributed by atoms with Crippen molar-refractivity contribution in [2.75, 3.05) is 18.4 Å². The molecule has 6 heteroatoms. The summed E-state index contributed by atoms with van der Waals surface area (Å²) in [6.07, 6.45) is 4.50. The Labute approximate surface area is 146 Å². The van der Waals surface area contributed by atoms with E-state index in [4.69, 9.17) is 0 Å². The van der Waals surface area contributed by atoms with Crippen LogP contribution in [0.15, 0.2) is 30.5 Å². The summed E-state index contributed by atoms with van der Waals surface area (Å²) >= 11 is 0. The fourth-order valence-corrected chi connectivity index (χ4v) is 3.53. The molecule has 2 aromatic rings. The van der Waals surface area contributed by atoms with Gasteiger partial charge in [-0.1, -0.05) is 6.07 Å². The normalized spacial score (nSPS) is 20.1. The van der Waals surface area contributed by atoms with Gasteiger partial charge in [-0.2, -0.15) is 0 Å². The van der Waals surface area contributed by atoms with Crippen molar-refractivity contribution in [1.29, 1.82) is 0 Å². The second-order valence-corrected chi connectivity index (χ2v) is 7.07. The summed E-state index contributed by atoms with van der Waals surface area (Å²) in [6, 6.07) is 8.03. The maximum absolute atomic E-state index is 12.3. The molecule has 4 rings (SSSR count). The van der Waals surface area contributed by atoms with E-state index in [2.05, 4.69) is 15.6 Å². The molecule has 6 nitrogen and oxygen atoms in total. The minimum Gasteiger partial charge on any atom is -0.339 e. The Morgan fingerprint density at radius 1 is 1.36 bits per heavy atom. The lowest BCUT2D eigenvalue weighted by Crippen LogP contribution is -2.34. The second kappa shape index (κ2) is 6.35. The number of amides is 3. The van der Waals surface area contributed by atoms with E-state index in [0.717, 1.165) is 35.9 Å². The van der Waals surface area contributed by atoms with Gasteiger partial charge in [0.15, 0.2) is 0 Å². The molecule has 2 N–H and O–H groups in total. The molecule has 2 aliphatic rings. The zero-order valence-corrected chi connectivity index (χ0v) is 14.3. The number of benzene rings is 1. The highest BCUT2D eigenvalue weighted by Crippen LogP contribution is 2.32. The highest BCUT2D eigenvalue weighted by atomic mass is 16.2. The van der Waals surface area contributed by atoms with Gasteiger partial charge in [-0.05, 0) is 43.5 Å². The predicted octanol–water partition coefficient (Wildman–Crippen LogP) is 2.68. The van der Waals surface area contributed by atoms with Crippen LogP contribution in [-0.2, 0) is 4.79 Å². The first-order valence-electron chi connectivity index (χ1n) is 8.80. The topological polar surface area (TPSA) is 74.3 Å². The molecule has 0 spiro atoms. The Bertz CT molecular complexity index is 831. The van der Waals surface area contributed by atoms with Gasteiger partial charge in [0.2, 0.25) is 5.91 Å². The number of hydrogen-bond acceptors (Lipinski definition) is 3. The standard InChI is InChI=1S/C19H22N4O2/c1-12-7-14-3-2-6-20-18(14)16(8-12)22-19(25)21-10-13-9-17(24)23(11-13)15-4-5-15/h2-3,6-8,13,15H,4-5,9-11H2,1H3,(H2,21,22,25)/t13-/m0/s1. The van der Waals surface area contributed by atoms with Crippen molar-refractivity contribution in [3.63, 3.8) is 0 Å². The third-order valence-corrected chi connectivity index (χ3v) is 4.87. The molecular formula is C19H22N4O2. The molecule has 2 fully saturated rings. The first kappa shape index (κ1) is 15.9. The fourth-order valence-electron chi connectivity index (χ4n) is 3.53. The summed E-state index contributed by atoms with van der Waals surface area (Å²) in [5.74, 6) is 0.426. The van der Waals surface area contributed by atoms with E-state index in [-0.39, 0.29) is 17.9 Å². The molecule has 1 aliphatic carbocycles. The Hall–Kier alpha value is -2.63. The second-order valence-electron chi connectivity index (χ2n) is 7.07. The number of carbonyl (C=O) groups is 2. The summed E-state index contributed by atoms with van der Waals surface area (Å²) in [5.41, 5.74) is 2.55. The van der Waals surface area contributed by atoms with Crippen LogP contribution in [-0.4, -0.2) is 41.0 Å². The molecule has 1 saturated carbocycles. The van der Waals surface area contributed by atoms with Gasteiger partial charge in [-0.3, -0.25) is 9.78 Å². The first-order chi connectivity index (χ1) is 12.1. The minimum absolute atomic E-state index is 0.200. The van der Waals surface area contributed by atoms with Crippen molar-refractivity contribution >= 4 is 28.5 Å². The third-order valence-electron chi connectivity index (χ3n) is 4.87. The van der Waals surface area contributed by atoms with E-state index < -0.39 is 0 Å². The molecule has 0 unspecified atom stereocenters. The largest absolute Gasteiger partial charge is 0.339 e. The number of aryl methyl sites for hydroxylation is 1. The summed E-state index contributed by atoms with van der Waals surface area (Å²) in [5, 5.41) is 6.80. The van der Waals surface area contributed by atoms with E-state index in [1.165, 1.54) is 0 Å². The molecule has 0 bridgehead atoms. The smallest absolute Gasteiger partial charge is 0.319 e. The maximum Gasteiger partial charge on any atom is 0.319 e. The average Bonchev–Trinajstić information content (AvgIpc) is 3.36. The number of hydrogen-bond donors (Lipinski definition) is 2. The quantitative estimate of drug-likeness (QED) is 0.900. The Morgan fingerprint density at radius 3 is 3.00 bits per heavy atom. The lowest BCUT2D eigenvalue weighted by molar-refractivity contribution is -0.128. The number of nitrogens with zero attached hydrogens (tertiary/aromatic N) is 2. The van der Waals surface area contributed by atoms with Crippen LogP contribution in [0.2, 0.25) is 0 Å². The van der Waals surface area contributed by atoms with Gasteiger partial charge in [-0.15, -0.1) is 0 Å². The Morgan fingerprint density at radius 2 is 2.20 bits per heavy atom. The number of fused-ring (bicyclic) bond motifs is 1. The number of anilines is 1. The SMILES string of the molecule is Cc1cc(NC(=O)NC[C@@H]2CC(=O)N(C3CC3)C2)c2ncccc2c1. The van der Waals surface area contributed by atoms with Crippen molar-refractivity contribution < 1.29 is 9.59 Å². The molecule has 2 heterocycles. The number of carbonyl (C=O) groups excluding carboxylic acids is 2. The van der Waals surface area contributed by atoms with E-state index in [9.17, 15) is 9.59 Å². The lowest BCUT2D eigenvalue weighted by atomic mass is 10.1. The number of rotatable bonds is 4. The van der Waals surface area contributed by atoms with Gasteiger partial charge < -0.3 is 15.5 Å². The summed E-state index contributed by atoms with van der Waals surface area (Å²) in [7, 11) is 0. The molecular weight excluding hydrogens is 316 g/mol. The molecule has 1 aromatic heterocycles. The highest BCUT2D eigenvalue weighted by Gasteiger charge is 2.39. The van der Waals surface area contributed by atoms with Crippen LogP contribution in [0.3, 0.4) is 0 Å². The van der Waals surface area contributed by atoms with Crippen LogP contribution in [0.1, 0.15) is 24.8 Å². The minimum atomic E-state index is -0.255. The predicted molar refractivity (Wildman–Crippen MR) is 96.3 cm³/mol. The summed E-state index contributed by atoms with van der Waals surface area (Å²) in [6.45, 7) is 3.27. The Kier molecular flexibility index (Phi) is 4.03. The van der Waals surface area contributed by atoms with Gasteiger partial charge >= 0.3 is 6.03 Å². The van der Waals surface area contributed by atoms with Crippen LogP contribution >= 0.6 is 0 Å². The first-order valence-corrected chi connectivity index (χ1v) is 8.80. The van der Waals surface area contributed by atoms with Gasteiger partial charge in [-0.25, -0.2) is 4.79 Å². The zero-order valence-electron chi connectivity index (χ0n) is 14.3. The monoisotopic (exact) mass is 338 g/mol. The number of nitrogens with one attached hydrogen (secondary N) is 2. The average molecular weight is 338 g/mol. The maximum atomic E-state index is 12.3. The number of aromatic nitrogens is 1. The molecule has 1 aromatic carbocycles. The number of pyridine rings is 1. The number of urea groups is 1. The van der Waals surface area contributed by atoms with Crippen molar-refractivity contribution in [3.8, 4) is 0 Å². The molecule has 25 heavy (non-hydrogen) atoms. The van der Waals surface area contributed by atoms with E-state index in [1.807, 2.05) is 36.1 Å². The molecule has 1 atom stereocenters. The molecule has 3 amide bonds. The summed E-state index contributed by atoms with van der Waals surface area (Å²) < 4.78 is 0. The molecule has 0 radical (unpaired) electrons.